The molecule has 2 aromatic rings. The first-order valence-electron chi connectivity index (χ1n) is 9.14. The number of aryl methyl sites for hydroxylation is 1. The molecule has 0 unspecified atom stereocenters. The summed E-state index contributed by atoms with van der Waals surface area (Å²) in [6.45, 7) is 3.72. The lowest BCUT2D eigenvalue weighted by molar-refractivity contribution is 0.0290. The van der Waals surface area contributed by atoms with E-state index in [1.807, 2.05) is 6.92 Å². The third-order valence-corrected chi connectivity index (χ3v) is 5.17. The van der Waals surface area contributed by atoms with Gasteiger partial charge in [-0.05, 0) is 38.1 Å². The molecule has 0 saturated carbocycles. The highest BCUT2D eigenvalue weighted by molar-refractivity contribution is 6.24. The first-order chi connectivity index (χ1) is 13.4. The predicted octanol–water partition coefficient (Wildman–Crippen LogP) is 2.89. The maximum atomic E-state index is 13.4. The minimum absolute atomic E-state index is 0.0227. The van der Waals surface area contributed by atoms with Crippen LogP contribution in [0.4, 0.5) is 16.2 Å². The van der Waals surface area contributed by atoms with E-state index in [2.05, 4.69) is 0 Å². The minimum atomic E-state index is -2.05. The SMILES string of the molecule is CCOC(=O)N1CC[C@@]2(O)C(=O)c3cc(C)ccc3N2C(=O)c2ccccc21. The summed E-state index contributed by atoms with van der Waals surface area (Å²) in [5, 5.41) is 11.3. The molecule has 0 radical (unpaired) electrons. The Hall–Kier alpha value is -3.19. The quantitative estimate of drug-likeness (QED) is 0.822. The Labute approximate surface area is 162 Å². The Bertz CT molecular complexity index is 1000. The van der Waals surface area contributed by atoms with E-state index in [1.165, 1.54) is 4.90 Å². The van der Waals surface area contributed by atoms with Crippen LogP contribution < -0.4 is 9.80 Å². The Kier molecular flexibility index (Phi) is 4.19. The summed E-state index contributed by atoms with van der Waals surface area (Å²) < 4.78 is 5.11. The fraction of sp³-hybridized carbons (Fsp3) is 0.286. The fourth-order valence-electron chi connectivity index (χ4n) is 3.84. The number of amides is 2. The number of Topliss-reactive ketones (excluding diaryl/α,β-unsaturated/α-hetero) is 1. The van der Waals surface area contributed by atoms with Gasteiger partial charge in [-0.2, -0.15) is 0 Å². The molecule has 28 heavy (non-hydrogen) atoms. The van der Waals surface area contributed by atoms with Crippen LogP contribution in [0, 0.1) is 6.92 Å². The molecule has 0 aromatic heterocycles. The van der Waals surface area contributed by atoms with Gasteiger partial charge in [0.25, 0.3) is 5.91 Å². The summed E-state index contributed by atoms with van der Waals surface area (Å²) in [4.78, 5) is 41.4. The maximum Gasteiger partial charge on any atom is 0.414 e. The van der Waals surface area contributed by atoms with Crippen LogP contribution in [0.1, 0.15) is 39.6 Å². The highest BCUT2D eigenvalue weighted by Crippen LogP contribution is 2.43. The van der Waals surface area contributed by atoms with Crippen LogP contribution in [-0.2, 0) is 4.74 Å². The zero-order valence-corrected chi connectivity index (χ0v) is 15.6. The van der Waals surface area contributed by atoms with Crippen LogP contribution in [-0.4, -0.2) is 41.8 Å². The molecule has 0 spiro atoms. The molecular formula is C21H20N2O5. The van der Waals surface area contributed by atoms with Gasteiger partial charge in [0.05, 0.1) is 23.5 Å². The van der Waals surface area contributed by atoms with Gasteiger partial charge >= 0.3 is 6.09 Å². The van der Waals surface area contributed by atoms with Crippen molar-refractivity contribution in [2.45, 2.75) is 26.0 Å². The molecule has 4 rings (SSSR count). The van der Waals surface area contributed by atoms with Gasteiger partial charge in [0, 0.05) is 18.5 Å². The lowest BCUT2D eigenvalue weighted by atomic mass is 9.98. The minimum Gasteiger partial charge on any atom is -0.449 e. The molecule has 7 nitrogen and oxygen atoms in total. The van der Waals surface area contributed by atoms with E-state index in [1.54, 1.807) is 49.4 Å². The first kappa shape index (κ1) is 18.2. The van der Waals surface area contributed by atoms with Crippen molar-refractivity contribution in [3.8, 4) is 0 Å². The second-order valence-corrected chi connectivity index (χ2v) is 6.92. The number of rotatable bonds is 1. The smallest absolute Gasteiger partial charge is 0.414 e. The number of ether oxygens (including phenoxy) is 1. The second kappa shape index (κ2) is 6.45. The van der Waals surface area contributed by atoms with Crippen LogP contribution in [0.3, 0.4) is 0 Å². The molecule has 7 heteroatoms. The van der Waals surface area contributed by atoms with Crippen molar-refractivity contribution in [3.05, 3.63) is 59.2 Å². The van der Waals surface area contributed by atoms with Gasteiger partial charge in [-0.3, -0.25) is 19.4 Å². The summed E-state index contributed by atoms with van der Waals surface area (Å²) in [6, 6.07) is 11.8. The molecule has 0 fully saturated rings. The predicted molar refractivity (Wildman–Crippen MR) is 103 cm³/mol. The van der Waals surface area contributed by atoms with Crippen molar-refractivity contribution in [1.82, 2.24) is 0 Å². The van der Waals surface area contributed by atoms with Crippen molar-refractivity contribution in [2.24, 2.45) is 0 Å². The van der Waals surface area contributed by atoms with E-state index in [0.29, 0.717) is 16.9 Å². The molecule has 2 aromatic carbocycles. The van der Waals surface area contributed by atoms with E-state index in [0.717, 1.165) is 10.5 Å². The monoisotopic (exact) mass is 380 g/mol. The number of benzene rings is 2. The van der Waals surface area contributed by atoms with Gasteiger partial charge in [-0.15, -0.1) is 0 Å². The van der Waals surface area contributed by atoms with Crippen LogP contribution in [0.15, 0.2) is 42.5 Å². The number of carbonyl (C=O) groups is 3. The average Bonchev–Trinajstić information content (AvgIpc) is 2.88. The number of aliphatic hydroxyl groups is 1. The molecule has 0 saturated heterocycles. The van der Waals surface area contributed by atoms with Gasteiger partial charge in [0.1, 0.15) is 0 Å². The number of fused-ring (bicyclic) bond motifs is 4. The Morgan fingerprint density at radius 1 is 1.14 bits per heavy atom. The Morgan fingerprint density at radius 3 is 2.64 bits per heavy atom. The van der Waals surface area contributed by atoms with E-state index >= 15 is 0 Å². The van der Waals surface area contributed by atoms with Crippen molar-refractivity contribution >= 4 is 29.2 Å². The highest BCUT2D eigenvalue weighted by Gasteiger charge is 2.54. The van der Waals surface area contributed by atoms with Gasteiger partial charge in [0.2, 0.25) is 11.5 Å². The average molecular weight is 380 g/mol. The highest BCUT2D eigenvalue weighted by atomic mass is 16.6. The zero-order chi connectivity index (χ0) is 20.1. The topological polar surface area (TPSA) is 87.2 Å². The molecule has 144 valence electrons. The number of nitrogens with zero attached hydrogens (tertiary/aromatic N) is 2. The molecule has 2 heterocycles. The summed E-state index contributed by atoms with van der Waals surface area (Å²) in [5.74, 6) is -1.08. The van der Waals surface area contributed by atoms with Crippen molar-refractivity contribution in [1.29, 1.82) is 0 Å². The number of ketones is 1. The van der Waals surface area contributed by atoms with Crippen LogP contribution >= 0.6 is 0 Å². The van der Waals surface area contributed by atoms with Crippen molar-refractivity contribution < 1.29 is 24.2 Å². The summed E-state index contributed by atoms with van der Waals surface area (Å²) >= 11 is 0. The van der Waals surface area contributed by atoms with E-state index in [4.69, 9.17) is 4.74 Å². The van der Waals surface area contributed by atoms with Crippen LogP contribution in [0.2, 0.25) is 0 Å². The van der Waals surface area contributed by atoms with Crippen LogP contribution in [0.5, 0.6) is 0 Å². The molecule has 0 aliphatic carbocycles. The Balaban J connectivity index is 1.90. The third kappa shape index (κ3) is 2.51. The molecule has 0 bridgehead atoms. The summed E-state index contributed by atoms with van der Waals surface area (Å²) in [7, 11) is 0. The number of anilines is 2. The maximum absolute atomic E-state index is 13.4. The molecular weight excluding hydrogens is 360 g/mol. The third-order valence-electron chi connectivity index (χ3n) is 5.17. The number of para-hydroxylation sites is 1. The second-order valence-electron chi connectivity index (χ2n) is 6.92. The number of hydrogen-bond acceptors (Lipinski definition) is 5. The standard InChI is InChI=1S/C21H20N2O5/c1-3-28-20(26)22-11-10-21(27)18(24)15-12-13(2)8-9-17(15)23(21)19(25)14-6-4-5-7-16(14)22/h4-9,12,27H,3,10-11H2,1-2H3/t21-/m1/s1. The normalized spacial score (nSPS) is 20.8. The number of hydrogen-bond donors (Lipinski definition) is 1. The number of carbonyl (C=O) groups excluding carboxylic acids is 3. The van der Waals surface area contributed by atoms with E-state index in [-0.39, 0.29) is 25.1 Å². The lowest BCUT2D eigenvalue weighted by Gasteiger charge is -2.37. The largest absolute Gasteiger partial charge is 0.449 e. The molecule has 2 aliphatic rings. The zero-order valence-electron chi connectivity index (χ0n) is 15.6. The fourth-order valence-corrected chi connectivity index (χ4v) is 3.84. The van der Waals surface area contributed by atoms with Gasteiger partial charge in [0.15, 0.2) is 0 Å². The van der Waals surface area contributed by atoms with Crippen molar-refractivity contribution in [2.75, 3.05) is 23.0 Å². The van der Waals surface area contributed by atoms with Gasteiger partial charge in [-0.25, -0.2) is 4.79 Å². The van der Waals surface area contributed by atoms with Gasteiger partial charge < -0.3 is 9.84 Å². The van der Waals surface area contributed by atoms with E-state index in [9.17, 15) is 19.5 Å². The summed E-state index contributed by atoms with van der Waals surface area (Å²) in [6.07, 6.45) is -0.753. The summed E-state index contributed by atoms with van der Waals surface area (Å²) in [5.41, 5.74) is 0.0920. The van der Waals surface area contributed by atoms with Crippen molar-refractivity contribution in [3.63, 3.8) is 0 Å². The lowest BCUT2D eigenvalue weighted by Crippen LogP contribution is -2.57. The van der Waals surface area contributed by atoms with Gasteiger partial charge in [-0.1, -0.05) is 23.8 Å². The molecule has 2 amide bonds. The van der Waals surface area contributed by atoms with Crippen LogP contribution in [0.25, 0.3) is 0 Å². The Morgan fingerprint density at radius 2 is 1.89 bits per heavy atom. The molecule has 1 N–H and O–H groups in total. The van der Waals surface area contributed by atoms with E-state index < -0.39 is 23.5 Å². The first-order valence-corrected chi connectivity index (χ1v) is 9.14. The molecule has 2 aliphatic heterocycles. The molecule has 1 atom stereocenters.